The molecule has 15 heavy (non-hydrogen) atoms. The van der Waals surface area contributed by atoms with Crippen LogP contribution in [0.1, 0.15) is 11.1 Å². The summed E-state index contributed by atoms with van der Waals surface area (Å²) in [6.07, 6.45) is 0. The Kier molecular flexibility index (Phi) is 2.55. The lowest BCUT2D eigenvalue weighted by atomic mass is 10.0. The number of hydrogen-bond donors (Lipinski definition) is 0. The van der Waals surface area contributed by atoms with Crippen molar-refractivity contribution in [2.45, 2.75) is 13.8 Å². The van der Waals surface area contributed by atoms with Crippen molar-refractivity contribution < 1.29 is 4.39 Å². The molecule has 0 amide bonds. The van der Waals surface area contributed by atoms with E-state index >= 15 is 0 Å². The molecule has 1 heteroatoms. The van der Waals surface area contributed by atoms with Gasteiger partial charge in [0.1, 0.15) is 5.82 Å². The van der Waals surface area contributed by atoms with Crippen molar-refractivity contribution in [2.75, 3.05) is 0 Å². The molecule has 0 N–H and O–H groups in total. The predicted molar refractivity (Wildman–Crippen MR) is 61.3 cm³/mol. The van der Waals surface area contributed by atoms with Crippen LogP contribution in [0.2, 0.25) is 0 Å². The molecule has 0 radical (unpaired) electrons. The summed E-state index contributed by atoms with van der Waals surface area (Å²) in [6.45, 7) is 3.60. The van der Waals surface area contributed by atoms with Gasteiger partial charge in [-0.15, -0.1) is 0 Å². The van der Waals surface area contributed by atoms with Gasteiger partial charge in [-0.25, -0.2) is 4.39 Å². The Labute approximate surface area is 89.4 Å². The van der Waals surface area contributed by atoms with E-state index in [1.165, 1.54) is 0 Å². The fourth-order valence-corrected chi connectivity index (χ4v) is 1.74. The SMILES string of the molecule is Cc1cc(-c2ccccc2)cc(C)c1F. The Morgan fingerprint density at radius 1 is 0.800 bits per heavy atom. The largest absolute Gasteiger partial charge is 0.206 e. The lowest BCUT2D eigenvalue weighted by Crippen LogP contribution is -1.89. The van der Waals surface area contributed by atoms with Crippen LogP contribution in [0.4, 0.5) is 4.39 Å². The van der Waals surface area contributed by atoms with Crippen molar-refractivity contribution in [3.05, 3.63) is 59.4 Å². The Morgan fingerprint density at radius 2 is 1.33 bits per heavy atom. The monoisotopic (exact) mass is 200 g/mol. The van der Waals surface area contributed by atoms with E-state index in [-0.39, 0.29) is 5.82 Å². The van der Waals surface area contributed by atoms with Gasteiger partial charge in [-0.2, -0.15) is 0 Å². The molecule has 0 unspecified atom stereocenters. The van der Waals surface area contributed by atoms with Gasteiger partial charge >= 0.3 is 0 Å². The second-order valence-corrected chi connectivity index (χ2v) is 3.79. The highest BCUT2D eigenvalue weighted by molar-refractivity contribution is 5.65. The number of hydrogen-bond acceptors (Lipinski definition) is 0. The summed E-state index contributed by atoms with van der Waals surface area (Å²) < 4.78 is 13.4. The molecule has 0 fully saturated rings. The van der Waals surface area contributed by atoms with Gasteiger partial charge < -0.3 is 0 Å². The molecule has 0 aliphatic carbocycles. The smallest absolute Gasteiger partial charge is 0.129 e. The first-order chi connectivity index (χ1) is 7.18. The highest BCUT2D eigenvalue weighted by Crippen LogP contribution is 2.23. The number of benzene rings is 2. The molecule has 0 bridgehead atoms. The average molecular weight is 200 g/mol. The lowest BCUT2D eigenvalue weighted by molar-refractivity contribution is 0.609. The van der Waals surface area contributed by atoms with Crippen LogP contribution in [0.5, 0.6) is 0 Å². The molecule has 2 aromatic rings. The molecular weight excluding hydrogens is 187 g/mol. The van der Waals surface area contributed by atoms with E-state index in [0.29, 0.717) is 11.1 Å². The second kappa shape index (κ2) is 3.85. The summed E-state index contributed by atoms with van der Waals surface area (Å²) in [5, 5.41) is 0. The summed E-state index contributed by atoms with van der Waals surface area (Å²) in [5.74, 6) is -0.102. The number of aryl methyl sites for hydroxylation is 2. The van der Waals surface area contributed by atoms with Gasteiger partial charge in [0.15, 0.2) is 0 Å². The maximum Gasteiger partial charge on any atom is 0.129 e. The summed E-state index contributed by atoms with van der Waals surface area (Å²) >= 11 is 0. The number of halogens is 1. The van der Waals surface area contributed by atoms with Crippen LogP contribution in [0.15, 0.2) is 42.5 Å². The van der Waals surface area contributed by atoms with Crippen molar-refractivity contribution in [3.8, 4) is 11.1 Å². The summed E-state index contributed by atoms with van der Waals surface area (Å²) in [7, 11) is 0. The first kappa shape index (κ1) is 9.91. The van der Waals surface area contributed by atoms with E-state index in [9.17, 15) is 4.39 Å². The van der Waals surface area contributed by atoms with Gasteiger partial charge in [-0.05, 0) is 48.2 Å². The summed E-state index contributed by atoms with van der Waals surface area (Å²) in [4.78, 5) is 0. The predicted octanol–water partition coefficient (Wildman–Crippen LogP) is 4.11. The quantitative estimate of drug-likeness (QED) is 0.649. The normalized spacial score (nSPS) is 10.3. The molecule has 2 aromatic carbocycles. The summed E-state index contributed by atoms with van der Waals surface area (Å²) in [5.41, 5.74) is 3.61. The molecule has 0 aliphatic rings. The Balaban J connectivity index is 2.56. The van der Waals surface area contributed by atoms with E-state index in [2.05, 4.69) is 0 Å². The van der Waals surface area contributed by atoms with Gasteiger partial charge in [0.25, 0.3) is 0 Å². The van der Waals surface area contributed by atoms with Crippen LogP contribution in [-0.2, 0) is 0 Å². The van der Waals surface area contributed by atoms with Crippen molar-refractivity contribution in [3.63, 3.8) is 0 Å². The number of rotatable bonds is 1. The molecule has 76 valence electrons. The van der Waals surface area contributed by atoms with E-state index < -0.39 is 0 Å². The fraction of sp³-hybridized carbons (Fsp3) is 0.143. The molecule has 0 nitrogen and oxygen atoms in total. The van der Waals surface area contributed by atoms with Gasteiger partial charge in [0, 0.05) is 0 Å². The Hall–Kier alpha value is -1.63. The molecule has 0 saturated heterocycles. The lowest BCUT2D eigenvalue weighted by Gasteiger charge is -2.06. The van der Waals surface area contributed by atoms with Crippen molar-refractivity contribution in [2.24, 2.45) is 0 Å². The van der Waals surface area contributed by atoms with Crippen LogP contribution in [0.25, 0.3) is 11.1 Å². The molecule has 0 heterocycles. The third-order valence-electron chi connectivity index (χ3n) is 2.54. The van der Waals surface area contributed by atoms with Crippen LogP contribution in [0.3, 0.4) is 0 Å². The second-order valence-electron chi connectivity index (χ2n) is 3.79. The molecule has 0 atom stereocenters. The van der Waals surface area contributed by atoms with Crippen LogP contribution in [-0.4, -0.2) is 0 Å². The summed E-state index contributed by atoms with van der Waals surface area (Å²) in [6, 6.07) is 13.8. The maximum absolute atomic E-state index is 13.4. The molecule has 0 spiro atoms. The van der Waals surface area contributed by atoms with Crippen molar-refractivity contribution in [1.29, 1.82) is 0 Å². The Morgan fingerprint density at radius 3 is 1.87 bits per heavy atom. The van der Waals surface area contributed by atoms with E-state index in [1.807, 2.05) is 42.5 Å². The van der Waals surface area contributed by atoms with Gasteiger partial charge in [0.05, 0.1) is 0 Å². The van der Waals surface area contributed by atoms with Crippen molar-refractivity contribution in [1.82, 2.24) is 0 Å². The molecular formula is C14H13F. The minimum Gasteiger partial charge on any atom is -0.206 e. The zero-order chi connectivity index (χ0) is 10.8. The van der Waals surface area contributed by atoms with E-state index in [0.717, 1.165) is 11.1 Å². The topological polar surface area (TPSA) is 0 Å². The molecule has 0 aromatic heterocycles. The minimum absolute atomic E-state index is 0.102. The highest BCUT2D eigenvalue weighted by atomic mass is 19.1. The first-order valence-electron chi connectivity index (χ1n) is 5.00. The fourth-order valence-electron chi connectivity index (χ4n) is 1.74. The zero-order valence-electron chi connectivity index (χ0n) is 8.92. The maximum atomic E-state index is 13.4. The van der Waals surface area contributed by atoms with Crippen molar-refractivity contribution >= 4 is 0 Å². The minimum atomic E-state index is -0.102. The standard InChI is InChI=1S/C14H13F/c1-10-8-13(9-11(2)14(10)15)12-6-4-3-5-7-12/h3-9H,1-2H3. The third-order valence-corrected chi connectivity index (χ3v) is 2.54. The Bertz CT molecular complexity index is 449. The highest BCUT2D eigenvalue weighted by Gasteiger charge is 2.05. The molecule has 0 saturated carbocycles. The first-order valence-corrected chi connectivity index (χ1v) is 5.00. The molecule has 2 rings (SSSR count). The van der Waals surface area contributed by atoms with Crippen LogP contribution >= 0.6 is 0 Å². The van der Waals surface area contributed by atoms with E-state index in [1.54, 1.807) is 13.8 Å². The van der Waals surface area contributed by atoms with E-state index in [4.69, 9.17) is 0 Å². The molecule has 0 aliphatic heterocycles. The van der Waals surface area contributed by atoms with Gasteiger partial charge in [0.2, 0.25) is 0 Å². The third kappa shape index (κ3) is 1.91. The van der Waals surface area contributed by atoms with Gasteiger partial charge in [-0.1, -0.05) is 30.3 Å². The van der Waals surface area contributed by atoms with Gasteiger partial charge in [-0.3, -0.25) is 0 Å². The van der Waals surface area contributed by atoms with Crippen LogP contribution < -0.4 is 0 Å². The average Bonchev–Trinajstić information content (AvgIpc) is 2.26. The van der Waals surface area contributed by atoms with Crippen LogP contribution in [0, 0.1) is 19.7 Å². The zero-order valence-corrected chi connectivity index (χ0v) is 8.92.